The number of rotatable bonds is 4. The number of carbonyl (C=O) groups is 1. The quantitative estimate of drug-likeness (QED) is 0.737. The molecule has 0 bridgehead atoms. The number of aromatic nitrogens is 6. The Bertz CT molecular complexity index is 729. The lowest BCUT2D eigenvalue weighted by molar-refractivity contribution is -0.169. The average molecular weight is 321 g/mol. The number of ether oxygens (including phenoxy) is 1. The summed E-state index contributed by atoms with van der Waals surface area (Å²) in [6.07, 6.45) is -5.07. The predicted octanol–water partition coefficient (Wildman–Crippen LogP) is -0.623. The van der Waals surface area contributed by atoms with Crippen molar-refractivity contribution in [1.82, 2.24) is 30.1 Å². The van der Waals surface area contributed by atoms with Crippen LogP contribution in [0.1, 0.15) is 5.69 Å². The molecule has 13 heteroatoms. The fraction of sp³-hybridized carbons (Fsp3) is 0.556. The molecule has 2 aromatic heterocycles. The molecule has 10 nitrogen and oxygen atoms in total. The van der Waals surface area contributed by atoms with E-state index in [2.05, 4.69) is 30.4 Å². The van der Waals surface area contributed by atoms with Crippen molar-refractivity contribution in [1.29, 1.82) is 0 Å². The van der Waals surface area contributed by atoms with Crippen LogP contribution in [-0.4, -0.2) is 48.8 Å². The highest BCUT2D eigenvalue weighted by Crippen LogP contribution is 2.15. The number of carbonyl (C=O) groups excluding carboxylic acids is 1. The van der Waals surface area contributed by atoms with E-state index in [1.54, 1.807) is 6.92 Å². The van der Waals surface area contributed by atoms with Crippen molar-refractivity contribution in [2.45, 2.75) is 19.6 Å². The van der Waals surface area contributed by atoms with E-state index >= 15 is 0 Å². The van der Waals surface area contributed by atoms with E-state index in [0.717, 1.165) is 9.36 Å². The monoisotopic (exact) mass is 321 g/mol. The second kappa shape index (κ2) is 5.95. The molecule has 2 heterocycles. The maximum atomic E-state index is 12.2. The molecule has 120 valence electrons. The number of alkyl halides is 3. The fourth-order valence-electron chi connectivity index (χ4n) is 1.37. The zero-order valence-electron chi connectivity index (χ0n) is 11.4. The van der Waals surface area contributed by atoms with Crippen molar-refractivity contribution in [3.8, 4) is 5.88 Å². The smallest absolute Gasteiger partial charge is 0.472 e. The van der Waals surface area contributed by atoms with Gasteiger partial charge in [-0.1, -0.05) is 5.16 Å². The van der Waals surface area contributed by atoms with E-state index in [1.165, 1.54) is 7.05 Å². The van der Waals surface area contributed by atoms with Gasteiger partial charge in [0.2, 0.25) is 5.62 Å². The van der Waals surface area contributed by atoms with Crippen LogP contribution in [0.3, 0.4) is 0 Å². The highest BCUT2D eigenvalue weighted by molar-refractivity contribution is 5.82. The SMILES string of the molecule is Cc1nonc1OCCn1nnn(C)c1=NC(=O)C(F)(F)F. The lowest BCUT2D eigenvalue weighted by atomic mass is 10.5. The molecule has 1 amide bonds. The van der Waals surface area contributed by atoms with E-state index in [0.29, 0.717) is 5.69 Å². The Kier molecular flexibility index (Phi) is 4.23. The van der Waals surface area contributed by atoms with Crippen LogP contribution < -0.4 is 10.4 Å². The van der Waals surface area contributed by atoms with Gasteiger partial charge in [0.05, 0.1) is 6.54 Å². The van der Waals surface area contributed by atoms with Crippen LogP contribution in [0.25, 0.3) is 0 Å². The summed E-state index contributed by atoms with van der Waals surface area (Å²) in [4.78, 5) is 13.9. The summed E-state index contributed by atoms with van der Waals surface area (Å²) in [7, 11) is 1.30. The number of hydrogen-bond donors (Lipinski definition) is 0. The number of tetrazole rings is 1. The Morgan fingerprint density at radius 3 is 2.68 bits per heavy atom. The third-order valence-electron chi connectivity index (χ3n) is 2.40. The van der Waals surface area contributed by atoms with Gasteiger partial charge in [-0.2, -0.15) is 18.2 Å². The van der Waals surface area contributed by atoms with Crippen molar-refractivity contribution in [3.05, 3.63) is 11.3 Å². The van der Waals surface area contributed by atoms with Gasteiger partial charge in [-0.15, -0.1) is 0 Å². The van der Waals surface area contributed by atoms with E-state index < -0.39 is 12.1 Å². The minimum absolute atomic E-state index is 0.00981. The third kappa shape index (κ3) is 3.48. The molecule has 0 aromatic carbocycles. The predicted molar refractivity (Wildman–Crippen MR) is 60.1 cm³/mol. The maximum Gasteiger partial charge on any atom is 0.473 e. The van der Waals surface area contributed by atoms with Crippen LogP contribution in [0.15, 0.2) is 9.62 Å². The zero-order valence-corrected chi connectivity index (χ0v) is 11.4. The van der Waals surface area contributed by atoms with Gasteiger partial charge in [-0.25, -0.2) is 14.0 Å². The van der Waals surface area contributed by atoms with Crippen molar-refractivity contribution in [3.63, 3.8) is 0 Å². The van der Waals surface area contributed by atoms with Crippen LogP contribution >= 0.6 is 0 Å². The van der Waals surface area contributed by atoms with Gasteiger partial charge in [0, 0.05) is 7.05 Å². The number of aryl methyl sites for hydroxylation is 2. The summed E-state index contributed by atoms with van der Waals surface area (Å²) in [6, 6.07) is 0. The minimum Gasteiger partial charge on any atom is -0.472 e. The molecule has 0 radical (unpaired) electrons. The van der Waals surface area contributed by atoms with Crippen molar-refractivity contribution in [2.75, 3.05) is 6.61 Å². The summed E-state index contributed by atoms with van der Waals surface area (Å²) in [5.41, 5.74) is 0.0576. The lowest BCUT2D eigenvalue weighted by Crippen LogP contribution is -2.32. The molecule has 0 fully saturated rings. The van der Waals surface area contributed by atoms with Gasteiger partial charge in [-0.3, -0.25) is 4.79 Å². The first kappa shape index (κ1) is 15.7. The van der Waals surface area contributed by atoms with Crippen molar-refractivity contribution < 1.29 is 27.3 Å². The molecule has 0 N–H and O–H groups in total. The van der Waals surface area contributed by atoms with Crippen LogP contribution in [0.5, 0.6) is 5.88 Å². The number of amides is 1. The Morgan fingerprint density at radius 1 is 1.36 bits per heavy atom. The number of halogens is 3. The second-order valence-electron chi connectivity index (χ2n) is 4.04. The van der Waals surface area contributed by atoms with E-state index in [-0.39, 0.29) is 24.6 Å². The average Bonchev–Trinajstić information content (AvgIpc) is 2.98. The third-order valence-corrected chi connectivity index (χ3v) is 2.40. The molecule has 22 heavy (non-hydrogen) atoms. The molecular formula is C9H10F3N7O3. The molecule has 0 atom stereocenters. The minimum atomic E-state index is -5.07. The largest absolute Gasteiger partial charge is 0.473 e. The van der Waals surface area contributed by atoms with E-state index in [1.807, 2.05) is 0 Å². The van der Waals surface area contributed by atoms with Gasteiger partial charge in [0.1, 0.15) is 12.3 Å². The molecule has 0 spiro atoms. The Balaban J connectivity index is 2.11. The first-order chi connectivity index (χ1) is 10.3. The van der Waals surface area contributed by atoms with Gasteiger partial charge in [-0.05, 0) is 22.5 Å². The van der Waals surface area contributed by atoms with E-state index in [4.69, 9.17) is 4.74 Å². The van der Waals surface area contributed by atoms with Gasteiger partial charge in [0.25, 0.3) is 5.88 Å². The molecule has 0 aliphatic carbocycles. The van der Waals surface area contributed by atoms with Crippen LogP contribution in [0.4, 0.5) is 13.2 Å². The van der Waals surface area contributed by atoms with Gasteiger partial charge in [0.15, 0.2) is 0 Å². The standard InChI is InChI=1S/C9H10F3N7O3/c1-5-6(15-22-14-5)21-4-3-19-8(18(2)16-17-19)13-7(20)9(10,11)12/h3-4H2,1-2H3. The topological polar surface area (TPSA) is 113 Å². The Hall–Kier alpha value is -2.73. The zero-order chi connectivity index (χ0) is 16.3. The maximum absolute atomic E-state index is 12.2. The summed E-state index contributed by atoms with van der Waals surface area (Å²) in [5, 5.41) is 14.0. The highest BCUT2D eigenvalue weighted by Gasteiger charge is 2.38. The molecule has 0 aliphatic heterocycles. The first-order valence-electron chi connectivity index (χ1n) is 5.83. The summed E-state index contributed by atoms with van der Waals surface area (Å²) < 4.78 is 48.2. The van der Waals surface area contributed by atoms with Crippen LogP contribution in [0, 0.1) is 6.92 Å². The molecule has 0 saturated carbocycles. The Morgan fingerprint density at radius 2 is 2.09 bits per heavy atom. The number of hydrogen-bond acceptors (Lipinski definition) is 7. The molecule has 0 unspecified atom stereocenters. The summed E-state index contributed by atoms with van der Waals surface area (Å²) in [5.74, 6) is -2.10. The van der Waals surface area contributed by atoms with E-state index in [9.17, 15) is 18.0 Å². The summed E-state index contributed by atoms with van der Waals surface area (Å²) >= 11 is 0. The molecule has 0 aliphatic rings. The summed E-state index contributed by atoms with van der Waals surface area (Å²) in [6.45, 7) is 1.58. The first-order valence-corrected chi connectivity index (χ1v) is 5.83. The van der Waals surface area contributed by atoms with Crippen LogP contribution in [0.2, 0.25) is 0 Å². The molecule has 2 rings (SSSR count). The Labute approximate surface area is 120 Å². The molecule has 0 saturated heterocycles. The molecule has 2 aromatic rings. The second-order valence-corrected chi connectivity index (χ2v) is 4.04. The van der Waals surface area contributed by atoms with Crippen LogP contribution in [-0.2, 0) is 18.4 Å². The van der Waals surface area contributed by atoms with Gasteiger partial charge >= 0.3 is 12.1 Å². The van der Waals surface area contributed by atoms with Gasteiger partial charge < -0.3 is 4.74 Å². The molecular weight excluding hydrogens is 311 g/mol. The van der Waals surface area contributed by atoms with Crippen molar-refractivity contribution in [2.24, 2.45) is 12.0 Å². The number of nitrogens with zero attached hydrogens (tertiary/aromatic N) is 7. The normalized spacial score (nSPS) is 12.7. The highest BCUT2D eigenvalue weighted by atomic mass is 19.4. The van der Waals surface area contributed by atoms with Crippen molar-refractivity contribution >= 4 is 5.91 Å². The fourth-order valence-corrected chi connectivity index (χ4v) is 1.37. The lowest BCUT2D eigenvalue weighted by Gasteiger charge is -2.03.